The number of hydrogen-bond acceptors (Lipinski definition) is 1. The van der Waals surface area contributed by atoms with Gasteiger partial charge < -0.3 is 4.98 Å². The van der Waals surface area contributed by atoms with Gasteiger partial charge in [0, 0.05) is 12.1 Å². The molecule has 0 amide bonds. The summed E-state index contributed by atoms with van der Waals surface area (Å²) in [5, 5.41) is 0. The lowest BCUT2D eigenvalue weighted by atomic mass is 10.2. The molecule has 1 aromatic heterocycles. The van der Waals surface area contributed by atoms with Gasteiger partial charge >= 0.3 is 0 Å². The molecule has 0 aliphatic rings. The largest absolute Gasteiger partial charge is 0.330 e. The average molecular weight is 312 g/mol. The third-order valence-corrected chi connectivity index (χ3v) is 3.48. The zero-order valence-corrected chi connectivity index (χ0v) is 11.5. The van der Waals surface area contributed by atoms with Crippen molar-refractivity contribution < 1.29 is 17.6 Å². The van der Waals surface area contributed by atoms with Gasteiger partial charge in [0.15, 0.2) is 16.4 Å². The molecule has 7 heteroatoms. The molecule has 1 heterocycles. The zero-order valence-electron chi connectivity index (χ0n) is 10.7. The lowest BCUT2D eigenvalue weighted by molar-refractivity contribution is 0.493. The first kappa shape index (κ1) is 13.8. The lowest BCUT2D eigenvalue weighted by Gasteiger charge is -2.07. The highest BCUT2D eigenvalue weighted by atomic mass is 32.1. The zero-order chi connectivity index (χ0) is 15.3. The fraction of sp³-hybridized carbons (Fsp3) is 0.0714. The number of hydrogen-bond donors (Lipinski definition) is 1. The van der Waals surface area contributed by atoms with Crippen LogP contribution in [0.5, 0.6) is 0 Å². The minimum atomic E-state index is -1.29. The smallest absolute Gasteiger partial charge is 0.182 e. The number of nitrogens with zero attached hydrogens (tertiary/aromatic N) is 1. The van der Waals surface area contributed by atoms with Crippen LogP contribution in [0.4, 0.5) is 17.6 Å². The molecule has 0 saturated carbocycles. The van der Waals surface area contributed by atoms with E-state index in [1.54, 1.807) is 0 Å². The number of imidazole rings is 1. The van der Waals surface area contributed by atoms with Crippen molar-refractivity contribution in [3.63, 3.8) is 0 Å². The van der Waals surface area contributed by atoms with E-state index in [4.69, 9.17) is 12.2 Å². The van der Waals surface area contributed by atoms with Crippen LogP contribution in [-0.4, -0.2) is 9.55 Å². The van der Waals surface area contributed by atoms with E-state index in [1.165, 1.54) is 23.6 Å². The maximum atomic E-state index is 13.9. The second kappa shape index (κ2) is 4.70. The van der Waals surface area contributed by atoms with Crippen LogP contribution in [0.25, 0.3) is 16.7 Å². The third-order valence-electron chi connectivity index (χ3n) is 3.19. The highest BCUT2D eigenvalue weighted by Gasteiger charge is 2.16. The summed E-state index contributed by atoms with van der Waals surface area (Å²) in [6.07, 6.45) is 0. The molecule has 108 valence electrons. The van der Waals surface area contributed by atoms with E-state index < -0.39 is 23.3 Å². The van der Waals surface area contributed by atoms with Crippen molar-refractivity contribution in [2.24, 2.45) is 0 Å². The fourth-order valence-electron chi connectivity index (χ4n) is 2.15. The monoisotopic (exact) mass is 312 g/mol. The first-order valence-corrected chi connectivity index (χ1v) is 6.35. The Balaban J connectivity index is 2.40. The molecule has 2 nitrogen and oxygen atoms in total. The molecule has 3 aromatic rings. The standard InChI is InChI=1S/C14H8F4N2S/c1-6-2-13-11(4-7(6)15)19-14(21)20(13)12-5-9(17)8(16)3-10(12)18/h2-5H,1H3,(H,19,21). The number of aromatic nitrogens is 2. The predicted octanol–water partition coefficient (Wildman–Crippen LogP) is 4.55. The molecule has 0 fully saturated rings. The summed E-state index contributed by atoms with van der Waals surface area (Å²) >= 11 is 5.06. The molecule has 0 unspecified atom stereocenters. The van der Waals surface area contributed by atoms with Crippen molar-refractivity contribution in [2.75, 3.05) is 0 Å². The second-order valence-electron chi connectivity index (χ2n) is 4.60. The van der Waals surface area contributed by atoms with Gasteiger partial charge in [0.1, 0.15) is 11.6 Å². The van der Waals surface area contributed by atoms with Crippen LogP contribution in [0, 0.1) is 35.0 Å². The number of aromatic amines is 1. The average Bonchev–Trinajstić information content (AvgIpc) is 2.70. The molecular formula is C14H8F4N2S. The summed E-state index contributed by atoms with van der Waals surface area (Å²) in [5.41, 5.74) is 0.806. The number of aryl methyl sites for hydroxylation is 1. The number of benzene rings is 2. The summed E-state index contributed by atoms with van der Waals surface area (Å²) < 4.78 is 55.1. The van der Waals surface area contributed by atoms with Crippen LogP contribution in [0.2, 0.25) is 0 Å². The Morgan fingerprint density at radius 3 is 2.29 bits per heavy atom. The van der Waals surface area contributed by atoms with Crippen molar-refractivity contribution in [3.05, 3.63) is 57.9 Å². The van der Waals surface area contributed by atoms with Crippen molar-refractivity contribution in [3.8, 4) is 5.69 Å². The first-order valence-electron chi connectivity index (χ1n) is 5.94. The van der Waals surface area contributed by atoms with Crippen LogP contribution in [0.3, 0.4) is 0 Å². The van der Waals surface area contributed by atoms with Gasteiger partial charge in [-0.1, -0.05) is 0 Å². The molecular weight excluding hydrogens is 304 g/mol. The molecule has 0 atom stereocenters. The van der Waals surface area contributed by atoms with Gasteiger partial charge in [-0.3, -0.25) is 4.57 Å². The van der Waals surface area contributed by atoms with Gasteiger partial charge in [-0.25, -0.2) is 17.6 Å². The number of H-pyrrole nitrogens is 1. The van der Waals surface area contributed by atoms with Gasteiger partial charge in [-0.15, -0.1) is 0 Å². The van der Waals surface area contributed by atoms with Crippen LogP contribution in [0.1, 0.15) is 5.56 Å². The first-order chi connectivity index (χ1) is 9.88. The van der Waals surface area contributed by atoms with E-state index in [0.29, 0.717) is 28.7 Å². The minimum Gasteiger partial charge on any atom is -0.330 e. The second-order valence-corrected chi connectivity index (χ2v) is 4.99. The van der Waals surface area contributed by atoms with Crippen LogP contribution in [0.15, 0.2) is 24.3 Å². The molecule has 2 aromatic carbocycles. The Morgan fingerprint density at radius 1 is 0.905 bits per heavy atom. The minimum absolute atomic E-state index is 0.0555. The van der Waals surface area contributed by atoms with Gasteiger partial charge in [0.05, 0.1) is 16.7 Å². The lowest BCUT2D eigenvalue weighted by Crippen LogP contribution is -2.01. The van der Waals surface area contributed by atoms with Crippen LogP contribution in [-0.2, 0) is 0 Å². The van der Waals surface area contributed by atoms with Crippen molar-refractivity contribution in [2.45, 2.75) is 6.92 Å². The topological polar surface area (TPSA) is 20.7 Å². The van der Waals surface area contributed by atoms with E-state index in [0.717, 1.165) is 0 Å². The van der Waals surface area contributed by atoms with Gasteiger partial charge in [-0.05, 0) is 36.8 Å². The maximum Gasteiger partial charge on any atom is 0.182 e. The highest BCUT2D eigenvalue weighted by molar-refractivity contribution is 7.71. The van der Waals surface area contributed by atoms with E-state index in [1.807, 2.05) is 0 Å². The van der Waals surface area contributed by atoms with E-state index >= 15 is 0 Å². The van der Waals surface area contributed by atoms with E-state index in [2.05, 4.69) is 4.98 Å². The molecule has 0 aliphatic carbocycles. The molecule has 21 heavy (non-hydrogen) atoms. The Hall–Kier alpha value is -2.15. The molecule has 0 aliphatic heterocycles. The normalized spacial score (nSPS) is 11.3. The van der Waals surface area contributed by atoms with Crippen molar-refractivity contribution in [1.82, 2.24) is 9.55 Å². The molecule has 3 rings (SSSR count). The number of rotatable bonds is 1. The SMILES string of the molecule is Cc1cc2c(cc1F)[nH]c(=S)n2-c1cc(F)c(F)cc1F. The number of halogens is 4. The van der Waals surface area contributed by atoms with Crippen molar-refractivity contribution in [1.29, 1.82) is 0 Å². The quantitative estimate of drug-likeness (QED) is 0.397. The van der Waals surface area contributed by atoms with E-state index in [9.17, 15) is 17.6 Å². The van der Waals surface area contributed by atoms with Crippen LogP contribution < -0.4 is 0 Å². The Labute approximate surface area is 121 Å². The van der Waals surface area contributed by atoms with Crippen molar-refractivity contribution >= 4 is 23.3 Å². The fourth-order valence-corrected chi connectivity index (χ4v) is 2.46. The molecule has 0 radical (unpaired) electrons. The van der Waals surface area contributed by atoms with Gasteiger partial charge in [0.2, 0.25) is 0 Å². The van der Waals surface area contributed by atoms with Gasteiger partial charge in [-0.2, -0.15) is 0 Å². The van der Waals surface area contributed by atoms with Gasteiger partial charge in [0.25, 0.3) is 0 Å². The summed E-state index contributed by atoms with van der Waals surface area (Å²) in [4.78, 5) is 2.71. The molecule has 0 saturated heterocycles. The summed E-state index contributed by atoms with van der Waals surface area (Å²) in [6, 6.07) is 3.83. The molecule has 0 spiro atoms. The Bertz CT molecular complexity index is 927. The summed E-state index contributed by atoms with van der Waals surface area (Å²) in [5.74, 6) is -3.89. The summed E-state index contributed by atoms with van der Waals surface area (Å²) in [6.45, 7) is 1.54. The Kier molecular flexibility index (Phi) is 3.09. The number of fused-ring (bicyclic) bond motifs is 1. The number of nitrogens with one attached hydrogen (secondary N) is 1. The predicted molar refractivity (Wildman–Crippen MR) is 73.0 cm³/mol. The maximum absolute atomic E-state index is 13.9. The highest BCUT2D eigenvalue weighted by Crippen LogP contribution is 2.25. The van der Waals surface area contributed by atoms with E-state index in [-0.39, 0.29) is 10.5 Å². The Morgan fingerprint density at radius 2 is 1.57 bits per heavy atom. The molecule has 1 N–H and O–H groups in total. The summed E-state index contributed by atoms with van der Waals surface area (Å²) in [7, 11) is 0. The molecule has 0 bridgehead atoms. The van der Waals surface area contributed by atoms with Crippen LogP contribution >= 0.6 is 12.2 Å². The third kappa shape index (κ3) is 2.13.